The van der Waals surface area contributed by atoms with Gasteiger partial charge in [-0.25, -0.2) is 0 Å². The molecule has 1 atom stereocenters. The number of halogens is 1. The second kappa shape index (κ2) is 8.69. The molecule has 25 heavy (non-hydrogen) atoms. The van der Waals surface area contributed by atoms with Crippen molar-refractivity contribution in [3.8, 4) is 0 Å². The Labute approximate surface area is 152 Å². The van der Waals surface area contributed by atoms with Crippen LogP contribution in [-0.2, 0) is 4.79 Å². The highest BCUT2D eigenvalue weighted by molar-refractivity contribution is 5.93. The van der Waals surface area contributed by atoms with Gasteiger partial charge < -0.3 is 20.4 Å². The first-order chi connectivity index (χ1) is 11.6. The number of hydrogen-bond donors (Lipinski definition) is 2. The van der Waals surface area contributed by atoms with E-state index in [1.165, 1.54) is 12.5 Å². The number of furan rings is 1. The predicted octanol–water partition coefficient (Wildman–Crippen LogP) is 2.12. The summed E-state index contributed by atoms with van der Waals surface area (Å²) >= 11 is 0. The topological polar surface area (TPSA) is 88.6 Å². The number of rotatable bonds is 4. The smallest absolute Gasteiger partial charge is 0.257 e. The molecule has 2 aromatic rings. The summed E-state index contributed by atoms with van der Waals surface area (Å²) in [7, 11) is 0. The molecule has 134 valence electrons. The monoisotopic (exact) mass is 363 g/mol. The molecule has 2 heterocycles. The fourth-order valence-corrected chi connectivity index (χ4v) is 2.90. The van der Waals surface area contributed by atoms with Gasteiger partial charge in [-0.1, -0.05) is 30.3 Å². The second-order valence-electron chi connectivity index (χ2n) is 5.98. The molecule has 1 aromatic heterocycles. The van der Waals surface area contributed by atoms with Crippen LogP contribution in [0.3, 0.4) is 0 Å². The van der Waals surface area contributed by atoms with Gasteiger partial charge in [-0.3, -0.25) is 9.59 Å². The van der Waals surface area contributed by atoms with Gasteiger partial charge in [-0.15, -0.1) is 12.4 Å². The van der Waals surface area contributed by atoms with Gasteiger partial charge in [0.2, 0.25) is 5.91 Å². The Balaban J connectivity index is 0.00000225. The quantitative estimate of drug-likeness (QED) is 0.870. The predicted molar refractivity (Wildman–Crippen MR) is 96.4 cm³/mol. The number of piperidine rings is 1. The molecule has 0 saturated carbocycles. The molecule has 0 radical (unpaired) electrons. The first-order valence-corrected chi connectivity index (χ1v) is 8.07. The number of benzene rings is 1. The molecule has 1 saturated heterocycles. The molecule has 0 aliphatic carbocycles. The standard InChI is InChI=1S/C18H21N3O3.ClH/c19-16(13-4-2-1-3-5-13)17(22)20-15-6-9-21(10-7-15)18(23)14-8-11-24-12-14;/h1-5,8,11-12,15-16H,6-7,9-10,19H2,(H,20,22);1H. The van der Waals surface area contributed by atoms with Crippen molar-refractivity contribution in [1.29, 1.82) is 0 Å². The number of nitrogens with one attached hydrogen (secondary N) is 1. The van der Waals surface area contributed by atoms with Crippen LogP contribution >= 0.6 is 12.4 Å². The van der Waals surface area contributed by atoms with Crippen molar-refractivity contribution >= 4 is 24.2 Å². The van der Waals surface area contributed by atoms with Crippen LogP contribution in [0.15, 0.2) is 53.3 Å². The van der Waals surface area contributed by atoms with Crippen molar-refractivity contribution in [2.45, 2.75) is 24.9 Å². The molecule has 3 rings (SSSR count). The Bertz CT molecular complexity index is 683. The number of amides is 2. The third kappa shape index (κ3) is 4.61. The molecule has 1 aliphatic heterocycles. The summed E-state index contributed by atoms with van der Waals surface area (Å²) < 4.78 is 4.95. The molecule has 6 nitrogen and oxygen atoms in total. The molecule has 7 heteroatoms. The van der Waals surface area contributed by atoms with Crippen molar-refractivity contribution in [3.63, 3.8) is 0 Å². The Kier molecular flexibility index (Phi) is 6.61. The number of nitrogens with zero attached hydrogens (tertiary/aromatic N) is 1. The minimum atomic E-state index is -0.670. The zero-order valence-corrected chi connectivity index (χ0v) is 14.6. The maximum absolute atomic E-state index is 12.3. The zero-order chi connectivity index (χ0) is 16.9. The maximum Gasteiger partial charge on any atom is 0.257 e. The van der Waals surface area contributed by atoms with Crippen LogP contribution in [-0.4, -0.2) is 35.8 Å². The normalized spacial score (nSPS) is 16.0. The lowest BCUT2D eigenvalue weighted by Crippen LogP contribution is -2.48. The summed E-state index contributed by atoms with van der Waals surface area (Å²) in [6.07, 6.45) is 4.38. The lowest BCUT2D eigenvalue weighted by Gasteiger charge is -2.32. The lowest BCUT2D eigenvalue weighted by atomic mass is 10.0. The van der Waals surface area contributed by atoms with Gasteiger partial charge in [-0.05, 0) is 24.5 Å². The van der Waals surface area contributed by atoms with E-state index < -0.39 is 6.04 Å². The number of nitrogens with two attached hydrogens (primary N) is 1. The van der Waals surface area contributed by atoms with Crippen LogP contribution in [0, 0.1) is 0 Å². The van der Waals surface area contributed by atoms with Gasteiger partial charge in [0.05, 0.1) is 11.8 Å². The summed E-state index contributed by atoms with van der Waals surface area (Å²) in [4.78, 5) is 26.3. The van der Waals surface area contributed by atoms with E-state index in [0.717, 1.165) is 18.4 Å². The molecule has 1 aliphatic rings. The molecular weight excluding hydrogens is 342 g/mol. The van der Waals surface area contributed by atoms with Crippen molar-refractivity contribution < 1.29 is 14.0 Å². The van der Waals surface area contributed by atoms with E-state index in [1.54, 1.807) is 11.0 Å². The van der Waals surface area contributed by atoms with E-state index in [2.05, 4.69) is 5.32 Å². The van der Waals surface area contributed by atoms with Crippen LogP contribution in [0.25, 0.3) is 0 Å². The van der Waals surface area contributed by atoms with Gasteiger partial charge in [0.25, 0.3) is 5.91 Å². The van der Waals surface area contributed by atoms with Gasteiger partial charge >= 0.3 is 0 Å². The third-order valence-corrected chi connectivity index (χ3v) is 4.34. The van der Waals surface area contributed by atoms with Crippen molar-refractivity contribution in [2.24, 2.45) is 5.73 Å². The van der Waals surface area contributed by atoms with Gasteiger partial charge in [0, 0.05) is 19.1 Å². The largest absolute Gasteiger partial charge is 0.472 e. The maximum atomic E-state index is 12.3. The van der Waals surface area contributed by atoms with E-state index >= 15 is 0 Å². The highest BCUT2D eigenvalue weighted by atomic mass is 35.5. The van der Waals surface area contributed by atoms with Crippen LogP contribution in [0.2, 0.25) is 0 Å². The Morgan fingerprint density at radius 2 is 1.84 bits per heavy atom. The number of likely N-dealkylation sites (tertiary alicyclic amines) is 1. The second-order valence-corrected chi connectivity index (χ2v) is 5.98. The fourth-order valence-electron chi connectivity index (χ4n) is 2.90. The van der Waals surface area contributed by atoms with E-state index in [0.29, 0.717) is 18.7 Å². The SMILES string of the molecule is Cl.NC(C(=O)NC1CCN(C(=O)c2ccoc2)CC1)c1ccccc1. The van der Waals surface area contributed by atoms with Crippen molar-refractivity contribution in [2.75, 3.05) is 13.1 Å². The van der Waals surface area contributed by atoms with E-state index in [9.17, 15) is 9.59 Å². The minimum Gasteiger partial charge on any atom is -0.472 e. The fraction of sp³-hybridized carbons (Fsp3) is 0.333. The molecule has 3 N–H and O–H groups in total. The van der Waals surface area contributed by atoms with E-state index in [1.807, 2.05) is 30.3 Å². The number of carbonyl (C=O) groups is 2. The average Bonchev–Trinajstić information content (AvgIpc) is 3.16. The van der Waals surface area contributed by atoms with Crippen LogP contribution in [0.4, 0.5) is 0 Å². The molecule has 1 fully saturated rings. The van der Waals surface area contributed by atoms with E-state index in [4.69, 9.17) is 10.2 Å². The first kappa shape index (κ1) is 19.0. The summed E-state index contributed by atoms with van der Waals surface area (Å²) in [5, 5.41) is 2.99. The molecule has 0 bridgehead atoms. The molecule has 1 unspecified atom stereocenters. The first-order valence-electron chi connectivity index (χ1n) is 8.07. The Hall–Kier alpha value is -2.31. The summed E-state index contributed by atoms with van der Waals surface area (Å²) in [5.74, 6) is -0.213. The van der Waals surface area contributed by atoms with Crippen molar-refractivity contribution in [1.82, 2.24) is 10.2 Å². The van der Waals surface area contributed by atoms with E-state index in [-0.39, 0.29) is 30.3 Å². The highest BCUT2D eigenvalue weighted by Gasteiger charge is 2.26. The van der Waals surface area contributed by atoms with Gasteiger partial charge in [0.1, 0.15) is 12.3 Å². The van der Waals surface area contributed by atoms with Crippen LogP contribution < -0.4 is 11.1 Å². The molecular formula is C18H22ClN3O3. The lowest BCUT2D eigenvalue weighted by molar-refractivity contribution is -0.123. The Morgan fingerprint density at radius 3 is 2.44 bits per heavy atom. The van der Waals surface area contributed by atoms with Gasteiger partial charge in [0.15, 0.2) is 0 Å². The summed E-state index contributed by atoms with van der Waals surface area (Å²) in [5.41, 5.74) is 7.36. The van der Waals surface area contributed by atoms with Crippen LogP contribution in [0.1, 0.15) is 34.8 Å². The summed E-state index contributed by atoms with van der Waals surface area (Å²) in [6, 6.07) is 10.3. The molecule has 0 spiro atoms. The highest BCUT2D eigenvalue weighted by Crippen LogP contribution is 2.16. The number of hydrogen-bond acceptors (Lipinski definition) is 4. The molecule has 1 aromatic carbocycles. The zero-order valence-electron chi connectivity index (χ0n) is 13.8. The molecule has 2 amide bonds. The van der Waals surface area contributed by atoms with Crippen LogP contribution in [0.5, 0.6) is 0 Å². The number of carbonyl (C=O) groups excluding carboxylic acids is 2. The Morgan fingerprint density at radius 1 is 1.16 bits per heavy atom. The minimum absolute atomic E-state index is 0. The third-order valence-electron chi connectivity index (χ3n) is 4.34. The van der Waals surface area contributed by atoms with Gasteiger partial charge in [-0.2, -0.15) is 0 Å². The van der Waals surface area contributed by atoms with Crippen molar-refractivity contribution in [3.05, 3.63) is 60.1 Å². The average molecular weight is 364 g/mol. The summed E-state index contributed by atoms with van der Waals surface area (Å²) in [6.45, 7) is 1.21.